The lowest BCUT2D eigenvalue weighted by atomic mass is 9.73. The molecule has 26 heavy (non-hydrogen) atoms. The average molecular weight is 361 g/mol. The number of aliphatic hydroxyl groups excluding tert-OH is 1. The van der Waals surface area contributed by atoms with Crippen LogP contribution in [0.1, 0.15) is 38.5 Å². The molecule has 0 radical (unpaired) electrons. The molecule has 0 bridgehead atoms. The van der Waals surface area contributed by atoms with Crippen LogP contribution in [0.15, 0.2) is 22.7 Å². The van der Waals surface area contributed by atoms with Gasteiger partial charge in [-0.1, -0.05) is 5.57 Å². The van der Waals surface area contributed by atoms with Crippen molar-refractivity contribution in [1.82, 2.24) is 4.90 Å². The Hall–Kier alpha value is -1.37. The summed E-state index contributed by atoms with van der Waals surface area (Å²) in [7, 11) is 3.67. The van der Waals surface area contributed by atoms with Crippen molar-refractivity contribution in [3.05, 3.63) is 22.7 Å². The minimum atomic E-state index is -0.586. The van der Waals surface area contributed by atoms with Gasteiger partial charge in [0.2, 0.25) is 0 Å². The van der Waals surface area contributed by atoms with Crippen LogP contribution in [0.4, 0.5) is 0 Å². The first-order valence-electron chi connectivity index (χ1n) is 9.71. The third-order valence-electron chi connectivity index (χ3n) is 7.47. The van der Waals surface area contributed by atoms with Gasteiger partial charge in [0, 0.05) is 19.4 Å². The van der Waals surface area contributed by atoms with E-state index in [-0.39, 0.29) is 29.7 Å². The number of ether oxygens (including phenoxy) is 3. The van der Waals surface area contributed by atoms with Crippen LogP contribution in [-0.2, 0) is 19.0 Å². The first kappa shape index (κ1) is 16.8. The number of methoxy groups -OCH3 is 1. The van der Waals surface area contributed by atoms with Gasteiger partial charge in [0.25, 0.3) is 0 Å². The molecule has 2 saturated carbocycles. The van der Waals surface area contributed by atoms with Gasteiger partial charge < -0.3 is 19.3 Å². The molecule has 5 unspecified atom stereocenters. The molecule has 5 rings (SSSR count). The number of likely N-dealkylation sites (N-methyl/N-ethyl adjacent to an activating group) is 1. The van der Waals surface area contributed by atoms with Crippen LogP contribution >= 0.6 is 0 Å². The van der Waals surface area contributed by atoms with Crippen LogP contribution in [-0.4, -0.2) is 61.0 Å². The fraction of sp³-hybridized carbons (Fsp3) is 0.750. The van der Waals surface area contributed by atoms with Crippen molar-refractivity contribution >= 4 is 5.78 Å². The highest BCUT2D eigenvalue weighted by Gasteiger charge is 2.63. The molecule has 1 saturated heterocycles. The number of rotatable bonds is 1. The summed E-state index contributed by atoms with van der Waals surface area (Å²) in [6.07, 6.45) is 4.80. The molecule has 3 fully saturated rings. The maximum atomic E-state index is 13.8. The highest BCUT2D eigenvalue weighted by molar-refractivity contribution is 5.97. The van der Waals surface area contributed by atoms with E-state index >= 15 is 0 Å². The van der Waals surface area contributed by atoms with Crippen molar-refractivity contribution < 1.29 is 24.1 Å². The number of allylic oxidation sites excluding steroid dienone is 2. The second-order valence-corrected chi connectivity index (χ2v) is 8.43. The predicted octanol–water partition coefficient (Wildman–Crippen LogP) is 2.31. The Bertz CT molecular complexity index is 713. The third kappa shape index (κ3) is 2.06. The van der Waals surface area contributed by atoms with Crippen LogP contribution < -0.4 is 0 Å². The number of fused-ring (bicyclic) bond motifs is 4. The molecule has 1 N–H and O–H groups in total. The first-order valence-corrected chi connectivity index (χ1v) is 9.71. The summed E-state index contributed by atoms with van der Waals surface area (Å²) >= 11 is 0. The molecule has 142 valence electrons. The fourth-order valence-corrected chi connectivity index (χ4v) is 6.17. The fourth-order valence-electron chi connectivity index (χ4n) is 6.17. The molecule has 5 aliphatic rings. The van der Waals surface area contributed by atoms with E-state index in [1.165, 1.54) is 5.57 Å². The number of carbonyl (C=O) groups is 1. The highest BCUT2D eigenvalue weighted by atomic mass is 16.7. The zero-order valence-electron chi connectivity index (χ0n) is 15.5. The van der Waals surface area contributed by atoms with Crippen LogP contribution in [0.2, 0.25) is 0 Å². The van der Waals surface area contributed by atoms with Gasteiger partial charge in [-0.25, -0.2) is 0 Å². The average Bonchev–Trinajstić information content (AvgIpc) is 3.22. The molecule has 0 aromatic rings. The highest BCUT2D eigenvalue weighted by Crippen LogP contribution is 2.55. The molecule has 2 heterocycles. The second-order valence-electron chi connectivity index (χ2n) is 8.43. The maximum Gasteiger partial charge on any atom is 0.163 e. The SMILES string of the molecule is COC1=C(O)CC2=C(CCN(C)C23CC2CCC4OCOC4C2C3=O)C1. The number of nitrogens with zero attached hydrogens (tertiary/aromatic N) is 1. The van der Waals surface area contributed by atoms with E-state index in [0.717, 1.165) is 37.8 Å². The van der Waals surface area contributed by atoms with Crippen LogP contribution in [0.5, 0.6) is 0 Å². The molecule has 2 aliphatic heterocycles. The van der Waals surface area contributed by atoms with Gasteiger partial charge in [-0.3, -0.25) is 9.69 Å². The Morgan fingerprint density at radius 1 is 1.27 bits per heavy atom. The summed E-state index contributed by atoms with van der Waals surface area (Å²) in [6.45, 7) is 1.18. The number of aliphatic hydroxyl groups is 1. The molecule has 6 heteroatoms. The minimum absolute atomic E-state index is 0.0671. The predicted molar refractivity (Wildman–Crippen MR) is 93.4 cm³/mol. The van der Waals surface area contributed by atoms with E-state index in [9.17, 15) is 9.90 Å². The Balaban J connectivity index is 1.56. The van der Waals surface area contributed by atoms with Crippen molar-refractivity contribution in [3.8, 4) is 0 Å². The van der Waals surface area contributed by atoms with Crippen LogP contribution in [0, 0.1) is 11.8 Å². The normalized spacial score (nSPS) is 42.9. The molecular formula is C20H27NO5. The van der Waals surface area contributed by atoms with Gasteiger partial charge in [0.15, 0.2) is 5.78 Å². The van der Waals surface area contributed by atoms with E-state index in [4.69, 9.17) is 14.2 Å². The Morgan fingerprint density at radius 2 is 2.12 bits per heavy atom. The van der Waals surface area contributed by atoms with E-state index in [2.05, 4.69) is 11.9 Å². The van der Waals surface area contributed by atoms with Crippen molar-refractivity contribution in [2.45, 2.75) is 56.3 Å². The van der Waals surface area contributed by atoms with Gasteiger partial charge in [-0.2, -0.15) is 0 Å². The van der Waals surface area contributed by atoms with Crippen LogP contribution in [0.3, 0.4) is 0 Å². The van der Waals surface area contributed by atoms with Gasteiger partial charge in [-0.15, -0.1) is 0 Å². The Morgan fingerprint density at radius 3 is 2.92 bits per heavy atom. The quantitative estimate of drug-likeness (QED) is 0.723. The largest absolute Gasteiger partial charge is 0.508 e. The Kier molecular flexibility index (Phi) is 3.75. The topological polar surface area (TPSA) is 68.2 Å². The van der Waals surface area contributed by atoms with E-state index in [1.807, 2.05) is 0 Å². The zero-order chi connectivity index (χ0) is 18.1. The lowest BCUT2D eigenvalue weighted by Crippen LogP contribution is -2.56. The standard InChI is InChI=1S/C20H27NO5/c1-21-6-5-11-7-16(24-2)14(22)8-13(11)20(21)9-12-3-4-15-18(26-10-25-15)17(12)19(20)23/h12,15,17-18,22H,3-10H2,1-2H3. The summed E-state index contributed by atoms with van der Waals surface area (Å²) in [6, 6.07) is 0. The second kappa shape index (κ2) is 5.81. The molecule has 0 aromatic heterocycles. The third-order valence-corrected chi connectivity index (χ3v) is 7.47. The molecule has 6 nitrogen and oxygen atoms in total. The van der Waals surface area contributed by atoms with E-state index < -0.39 is 5.54 Å². The number of carbonyl (C=O) groups excluding carboxylic acids is 1. The monoisotopic (exact) mass is 361 g/mol. The zero-order valence-corrected chi connectivity index (χ0v) is 15.5. The van der Waals surface area contributed by atoms with E-state index in [0.29, 0.717) is 31.3 Å². The molecule has 0 amide bonds. The number of hydrogen-bond acceptors (Lipinski definition) is 6. The summed E-state index contributed by atoms with van der Waals surface area (Å²) in [5.41, 5.74) is 1.82. The number of ketones is 1. The van der Waals surface area contributed by atoms with Gasteiger partial charge in [-0.05, 0) is 44.2 Å². The number of hydrogen-bond donors (Lipinski definition) is 1. The van der Waals surface area contributed by atoms with Crippen molar-refractivity contribution in [2.24, 2.45) is 11.8 Å². The van der Waals surface area contributed by atoms with Crippen molar-refractivity contribution in [1.29, 1.82) is 0 Å². The van der Waals surface area contributed by atoms with Gasteiger partial charge in [0.05, 0.1) is 25.2 Å². The summed E-state index contributed by atoms with van der Waals surface area (Å²) in [4.78, 5) is 16.1. The molecule has 3 aliphatic carbocycles. The molecule has 0 aromatic carbocycles. The lowest BCUT2D eigenvalue weighted by molar-refractivity contribution is -0.134. The number of Topliss-reactive ketones (excluding diaryl/α,β-unsaturated/α-hetero) is 1. The lowest BCUT2D eigenvalue weighted by Gasteiger charge is -2.46. The van der Waals surface area contributed by atoms with Crippen molar-refractivity contribution in [3.63, 3.8) is 0 Å². The van der Waals surface area contributed by atoms with E-state index in [1.54, 1.807) is 7.11 Å². The summed E-state index contributed by atoms with van der Waals surface area (Å²) in [5, 5.41) is 10.5. The van der Waals surface area contributed by atoms with Crippen molar-refractivity contribution in [2.75, 3.05) is 27.5 Å². The van der Waals surface area contributed by atoms with Gasteiger partial charge >= 0.3 is 0 Å². The summed E-state index contributed by atoms with van der Waals surface area (Å²) < 4.78 is 16.9. The molecule has 1 spiro atoms. The molecule has 5 atom stereocenters. The van der Waals surface area contributed by atoms with Crippen LogP contribution in [0.25, 0.3) is 0 Å². The molecular weight excluding hydrogens is 334 g/mol. The minimum Gasteiger partial charge on any atom is -0.508 e. The summed E-state index contributed by atoms with van der Waals surface area (Å²) in [5.74, 6) is 1.47. The Labute approximate surface area is 153 Å². The van der Waals surface area contributed by atoms with Gasteiger partial charge in [0.1, 0.15) is 23.9 Å². The smallest absolute Gasteiger partial charge is 0.163 e. The maximum absolute atomic E-state index is 13.8. The first-order chi connectivity index (χ1) is 12.6.